The Balaban J connectivity index is 2.44. The molecule has 1 aromatic carbocycles. The molecule has 1 heterocycles. The summed E-state index contributed by atoms with van der Waals surface area (Å²) in [6.45, 7) is 3.35. The van der Waals surface area contributed by atoms with Crippen LogP contribution in [0.2, 0.25) is 5.02 Å². The third-order valence-electron chi connectivity index (χ3n) is 2.28. The topological polar surface area (TPSA) is 50.9 Å². The molecule has 4 nitrogen and oxygen atoms in total. The Bertz CT molecular complexity index is 548. The van der Waals surface area contributed by atoms with Crippen molar-refractivity contribution >= 4 is 34.2 Å². The van der Waals surface area contributed by atoms with Crippen LogP contribution < -0.4 is 0 Å². The van der Waals surface area contributed by atoms with Gasteiger partial charge in [-0.1, -0.05) is 16.8 Å². The molecule has 0 unspecified atom stereocenters. The van der Waals surface area contributed by atoms with Crippen molar-refractivity contribution in [2.24, 2.45) is 0 Å². The van der Waals surface area contributed by atoms with E-state index in [1.807, 2.05) is 12.1 Å². The fraction of sp³-hybridized carbons (Fsp3) is 0.273. The van der Waals surface area contributed by atoms with Crippen molar-refractivity contribution < 1.29 is 5.11 Å². The molecule has 2 rings (SSSR count). The zero-order valence-corrected chi connectivity index (χ0v) is 12.3. The summed E-state index contributed by atoms with van der Waals surface area (Å²) in [7, 11) is 0. The molecule has 2 aromatic rings. The number of hydrogen-bond donors (Lipinski definition) is 1. The minimum absolute atomic E-state index is 0.531. The van der Waals surface area contributed by atoms with Crippen LogP contribution in [0, 0.1) is 3.57 Å². The molecule has 1 N–H and O–H groups in total. The Morgan fingerprint density at radius 3 is 2.65 bits per heavy atom. The molecule has 0 spiro atoms. The van der Waals surface area contributed by atoms with Gasteiger partial charge in [0.25, 0.3) is 0 Å². The van der Waals surface area contributed by atoms with Crippen molar-refractivity contribution in [3.05, 3.63) is 38.7 Å². The van der Waals surface area contributed by atoms with Gasteiger partial charge in [-0.15, -0.1) is 5.10 Å². The molecule has 17 heavy (non-hydrogen) atoms. The fourth-order valence-electron chi connectivity index (χ4n) is 1.33. The lowest BCUT2D eigenvalue weighted by atomic mass is 10.1. The van der Waals surface area contributed by atoms with E-state index in [4.69, 9.17) is 11.6 Å². The SMILES string of the molecule is CC(C)(O)c1cn(-c2ccc(Cl)cc2I)nn1. The molecule has 0 radical (unpaired) electrons. The van der Waals surface area contributed by atoms with Crippen molar-refractivity contribution in [3.63, 3.8) is 0 Å². The fourth-order valence-corrected chi connectivity index (χ4v) is 2.45. The van der Waals surface area contributed by atoms with Gasteiger partial charge in [0.1, 0.15) is 11.3 Å². The average Bonchev–Trinajstić information content (AvgIpc) is 2.65. The Labute approximate surface area is 118 Å². The van der Waals surface area contributed by atoms with Gasteiger partial charge < -0.3 is 5.11 Å². The van der Waals surface area contributed by atoms with Crippen LogP contribution in [0.3, 0.4) is 0 Å². The van der Waals surface area contributed by atoms with Crippen molar-refractivity contribution in [3.8, 4) is 5.69 Å². The lowest BCUT2D eigenvalue weighted by Gasteiger charge is -2.11. The van der Waals surface area contributed by atoms with Gasteiger partial charge in [-0.25, -0.2) is 4.68 Å². The Morgan fingerprint density at radius 1 is 1.41 bits per heavy atom. The number of nitrogens with zero attached hydrogens (tertiary/aromatic N) is 3. The summed E-state index contributed by atoms with van der Waals surface area (Å²) in [5, 5.41) is 18.5. The second kappa shape index (κ2) is 4.55. The molecule has 0 bridgehead atoms. The van der Waals surface area contributed by atoms with Crippen LogP contribution in [0.1, 0.15) is 19.5 Å². The highest BCUT2D eigenvalue weighted by Gasteiger charge is 2.20. The predicted octanol–water partition coefficient (Wildman–Crippen LogP) is 2.75. The van der Waals surface area contributed by atoms with Gasteiger partial charge in [-0.2, -0.15) is 0 Å². The predicted molar refractivity (Wildman–Crippen MR) is 74.3 cm³/mol. The van der Waals surface area contributed by atoms with Gasteiger partial charge >= 0.3 is 0 Å². The number of aliphatic hydroxyl groups is 1. The van der Waals surface area contributed by atoms with Crippen LogP contribution >= 0.6 is 34.2 Å². The molecular formula is C11H11ClIN3O. The van der Waals surface area contributed by atoms with Gasteiger partial charge in [-0.3, -0.25) is 0 Å². The maximum atomic E-state index is 9.82. The number of aromatic nitrogens is 3. The van der Waals surface area contributed by atoms with Crippen LogP contribution in [-0.2, 0) is 5.60 Å². The standard InChI is InChI=1S/C11H11ClIN3O/c1-11(2,17)10-6-16(15-14-10)9-4-3-7(12)5-8(9)13/h3-6,17H,1-2H3. The van der Waals surface area contributed by atoms with Crippen LogP contribution in [-0.4, -0.2) is 20.1 Å². The summed E-state index contributed by atoms with van der Waals surface area (Å²) in [4.78, 5) is 0. The Morgan fingerprint density at radius 2 is 2.12 bits per heavy atom. The first-order valence-electron chi connectivity index (χ1n) is 4.98. The first-order chi connectivity index (χ1) is 7.88. The summed E-state index contributed by atoms with van der Waals surface area (Å²) in [5.41, 5.74) is 0.428. The van der Waals surface area contributed by atoms with E-state index >= 15 is 0 Å². The lowest BCUT2D eigenvalue weighted by molar-refractivity contribution is 0.0737. The highest BCUT2D eigenvalue weighted by atomic mass is 127. The van der Waals surface area contributed by atoms with E-state index in [1.165, 1.54) is 0 Å². The molecule has 0 saturated carbocycles. The minimum atomic E-state index is -0.990. The van der Waals surface area contributed by atoms with Gasteiger partial charge in [-0.05, 0) is 54.6 Å². The molecule has 0 saturated heterocycles. The number of benzene rings is 1. The quantitative estimate of drug-likeness (QED) is 0.835. The van der Waals surface area contributed by atoms with Crippen molar-refractivity contribution in [1.82, 2.24) is 15.0 Å². The van der Waals surface area contributed by atoms with Crippen LogP contribution in [0.4, 0.5) is 0 Å². The zero-order chi connectivity index (χ0) is 12.6. The third kappa shape index (κ3) is 2.78. The molecule has 90 valence electrons. The van der Waals surface area contributed by atoms with Crippen LogP contribution in [0.25, 0.3) is 5.69 Å². The van der Waals surface area contributed by atoms with Gasteiger partial charge in [0.05, 0.1) is 11.9 Å². The van der Waals surface area contributed by atoms with E-state index < -0.39 is 5.60 Å². The van der Waals surface area contributed by atoms with Crippen LogP contribution in [0.15, 0.2) is 24.4 Å². The van der Waals surface area contributed by atoms with E-state index in [-0.39, 0.29) is 0 Å². The second-order valence-electron chi connectivity index (χ2n) is 4.20. The summed E-state index contributed by atoms with van der Waals surface area (Å²) >= 11 is 8.08. The van der Waals surface area contributed by atoms with E-state index in [2.05, 4.69) is 32.9 Å². The molecule has 0 aliphatic rings. The summed E-state index contributed by atoms with van der Waals surface area (Å²) in [6.07, 6.45) is 1.71. The highest BCUT2D eigenvalue weighted by molar-refractivity contribution is 14.1. The molecule has 1 aromatic heterocycles. The summed E-state index contributed by atoms with van der Waals surface area (Å²) < 4.78 is 2.60. The van der Waals surface area contributed by atoms with E-state index in [9.17, 15) is 5.11 Å². The molecule has 6 heteroatoms. The normalized spacial score (nSPS) is 11.8. The van der Waals surface area contributed by atoms with E-state index in [0.29, 0.717) is 10.7 Å². The van der Waals surface area contributed by atoms with E-state index in [1.54, 1.807) is 30.8 Å². The van der Waals surface area contributed by atoms with Gasteiger partial charge in [0.15, 0.2) is 0 Å². The lowest BCUT2D eigenvalue weighted by Crippen LogP contribution is -2.15. The first-order valence-corrected chi connectivity index (χ1v) is 6.44. The maximum absolute atomic E-state index is 9.82. The van der Waals surface area contributed by atoms with Gasteiger partial charge in [0.2, 0.25) is 0 Å². The summed E-state index contributed by atoms with van der Waals surface area (Å²) in [5.74, 6) is 0. The molecule has 0 aliphatic heterocycles. The molecule has 0 fully saturated rings. The maximum Gasteiger partial charge on any atom is 0.114 e. The molecule has 0 amide bonds. The number of halogens is 2. The van der Waals surface area contributed by atoms with Gasteiger partial charge in [0, 0.05) is 8.59 Å². The first kappa shape index (κ1) is 12.8. The smallest absolute Gasteiger partial charge is 0.114 e. The Kier molecular flexibility index (Phi) is 3.42. The second-order valence-corrected chi connectivity index (χ2v) is 5.80. The number of hydrogen-bond acceptors (Lipinski definition) is 3. The zero-order valence-electron chi connectivity index (χ0n) is 9.35. The van der Waals surface area contributed by atoms with E-state index in [0.717, 1.165) is 9.26 Å². The highest BCUT2D eigenvalue weighted by Crippen LogP contribution is 2.22. The summed E-state index contributed by atoms with van der Waals surface area (Å²) in [6, 6.07) is 5.51. The largest absolute Gasteiger partial charge is 0.384 e. The van der Waals surface area contributed by atoms with Crippen molar-refractivity contribution in [2.75, 3.05) is 0 Å². The minimum Gasteiger partial charge on any atom is -0.384 e. The number of rotatable bonds is 2. The molecule has 0 aliphatic carbocycles. The van der Waals surface area contributed by atoms with Crippen molar-refractivity contribution in [2.45, 2.75) is 19.4 Å². The Hall–Kier alpha value is -0.660. The molecule has 0 atom stereocenters. The third-order valence-corrected chi connectivity index (χ3v) is 3.38. The van der Waals surface area contributed by atoms with Crippen molar-refractivity contribution in [1.29, 1.82) is 0 Å². The monoisotopic (exact) mass is 363 g/mol. The van der Waals surface area contributed by atoms with Crippen LogP contribution in [0.5, 0.6) is 0 Å². The molecular weight excluding hydrogens is 352 g/mol. The average molecular weight is 364 g/mol.